The van der Waals surface area contributed by atoms with Gasteiger partial charge in [-0.15, -0.1) is 0 Å². The molecule has 0 aliphatic carbocycles. The summed E-state index contributed by atoms with van der Waals surface area (Å²) in [6.45, 7) is 0. The minimum absolute atomic E-state index is 0.681. The highest BCUT2D eigenvalue weighted by atomic mass is 15.2. The highest BCUT2D eigenvalue weighted by Crippen LogP contribution is 2.41. The lowest BCUT2D eigenvalue weighted by Gasteiger charge is -2.08. The van der Waals surface area contributed by atoms with Gasteiger partial charge in [-0.25, -0.2) is 9.97 Å². The molecule has 6 aromatic carbocycles. The SMILES string of the molecule is c1ccc(-n2c3cc4c5ccccc5n(-c5ncc6ccccc6n5)c4cc3c3c4ccccc4ccc32)cc1. The van der Waals surface area contributed by atoms with Crippen LogP contribution in [-0.2, 0) is 0 Å². The van der Waals surface area contributed by atoms with Crippen molar-refractivity contribution in [3.8, 4) is 11.6 Å². The van der Waals surface area contributed by atoms with Gasteiger partial charge in [-0.2, -0.15) is 0 Å². The van der Waals surface area contributed by atoms with Gasteiger partial charge in [0, 0.05) is 38.8 Å². The summed E-state index contributed by atoms with van der Waals surface area (Å²) < 4.78 is 4.61. The third-order valence-electron chi connectivity index (χ3n) is 8.14. The summed E-state index contributed by atoms with van der Waals surface area (Å²) in [6, 6.07) is 45.2. The number of hydrogen-bond donors (Lipinski definition) is 0. The fourth-order valence-corrected chi connectivity index (χ4v) is 6.39. The van der Waals surface area contributed by atoms with Crippen LogP contribution >= 0.6 is 0 Å². The van der Waals surface area contributed by atoms with Crippen LogP contribution in [0.3, 0.4) is 0 Å². The zero-order chi connectivity index (χ0) is 26.2. The first kappa shape index (κ1) is 21.5. The molecule has 3 heterocycles. The van der Waals surface area contributed by atoms with Crippen LogP contribution in [0.1, 0.15) is 0 Å². The van der Waals surface area contributed by atoms with Gasteiger partial charge in [0.25, 0.3) is 0 Å². The molecule has 0 fully saturated rings. The van der Waals surface area contributed by atoms with E-state index >= 15 is 0 Å². The van der Waals surface area contributed by atoms with Gasteiger partial charge < -0.3 is 4.57 Å². The van der Waals surface area contributed by atoms with Gasteiger partial charge in [0.2, 0.25) is 5.95 Å². The fourth-order valence-electron chi connectivity index (χ4n) is 6.39. The Kier molecular flexibility index (Phi) is 4.30. The number of rotatable bonds is 2. The first-order chi connectivity index (χ1) is 19.8. The molecule has 3 aromatic heterocycles. The van der Waals surface area contributed by atoms with Crippen LogP contribution < -0.4 is 0 Å². The highest BCUT2D eigenvalue weighted by Gasteiger charge is 2.20. The van der Waals surface area contributed by atoms with Crippen LogP contribution in [0.15, 0.2) is 134 Å². The Morgan fingerprint density at radius 2 is 1.15 bits per heavy atom. The Labute approximate surface area is 229 Å². The van der Waals surface area contributed by atoms with Gasteiger partial charge in [0.05, 0.1) is 27.6 Å². The molecule has 0 aliphatic rings. The Morgan fingerprint density at radius 1 is 0.450 bits per heavy atom. The standard InChI is InChI=1S/C36H22N4/c1-2-12-25(13-3-1)39-32-19-18-23-10-4-6-14-26(23)35(32)29-21-33-28(20-34(29)39)27-15-7-9-17-31(27)40(33)36-37-22-24-11-5-8-16-30(24)38-36/h1-22H. The van der Waals surface area contributed by atoms with Crippen molar-refractivity contribution < 1.29 is 0 Å². The number of fused-ring (bicyclic) bond motifs is 9. The molecule has 0 amide bonds. The number of benzene rings is 6. The maximum atomic E-state index is 5.01. The first-order valence-electron chi connectivity index (χ1n) is 13.5. The van der Waals surface area contributed by atoms with Crippen molar-refractivity contribution >= 4 is 65.3 Å². The van der Waals surface area contributed by atoms with Gasteiger partial charge in [-0.3, -0.25) is 4.57 Å². The summed E-state index contributed by atoms with van der Waals surface area (Å²) in [7, 11) is 0. The van der Waals surface area contributed by atoms with Crippen molar-refractivity contribution in [2.45, 2.75) is 0 Å². The van der Waals surface area contributed by atoms with E-state index in [0.29, 0.717) is 5.95 Å². The number of hydrogen-bond acceptors (Lipinski definition) is 2. The van der Waals surface area contributed by atoms with Crippen LogP contribution in [0.5, 0.6) is 0 Å². The van der Waals surface area contributed by atoms with Gasteiger partial charge in [0.1, 0.15) is 0 Å². The number of para-hydroxylation sites is 3. The molecule has 0 atom stereocenters. The van der Waals surface area contributed by atoms with Crippen LogP contribution in [-0.4, -0.2) is 19.1 Å². The normalized spacial score (nSPS) is 12.0. The molecular weight excluding hydrogens is 488 g/mol. The molecule has 0 saturated heterocycles. The largest absolute Gasteiger partial charge is 0.309 e. The minimum Gasteiger partial charge on any atom is -0.309 e. The Bertz CT molecular complexity index is 2430. The molecule has 9 aromatic rings. The predicted octanol–water partition coefficient (Wildman–Crippen LogP) is 8.98. The van der Waals surface area contributed by atoms with Gasteiger partial charge in [0.15, 0.2) is 0 Å². The molecule has 0 spiro atoms. The quantitative estimate of drug-likeness (QED) is 0.233. The lowest BCUT2D eigenvalue weighted by Crippen LogP contribution is -2.00. The summed E-state index contributed by atoms with van der Waals surface area (Å²) in [5.74, 6) is 0.681. The molecule has 0 unspecified atom stereocenters. The highest BCUT2D eigenvalue weighted by molar-refractivity contribution is 6.25. The second-order valence-corrected chi connectivity index (χ2v) is 10.3. The summed E-state index contributed by atoms with van der Waals surface area (Å²) in [4.78, 5) is 9.85. The summed E-state index contributed by atoms with van der Waals surface area (Å²) in [5, 5.41) is 8.37. The lowest BCUT2D eigenvalue weighted by molar-refractivity contribution is 1.01. The molecular formula is C36H22N4. The zero-order valence-corrected chi connectivity index (χ0v) is 21.5. The molecule has 0 aliphatic heterocycles. The summed E-state index contributed by atoms with van der Waals surface area (Å²) >= 11 is 0. The van der Waals surface area contributed by atoms with Gasteiger partial charge in [-0.1, -0.05) is 84.9 Å². The minimum atomic E-state index is 0.681. The molecule has 40 heavy (non-hydrogen) atoms. The van der Waals surface area contributed by atoms with E-state index in [1.165, 1.54) is 43.4 Å². The molecule has 4 nitrogen and oxygen atoms in total. The molecule has 0 N–H and O–H groups in total. The van der Waals surface area contributed by atoms with Crippen LogP contribution in [0, 0.1) is 0 Å². The van der Waals surface area contributed by atoms with Gasteiger partial charge in [-0.05, 0) is 53.2 Å². The fraction of sp³-hybridized carbons (Fsp3) is 0. The van der Waals surface area contributed by atoms with Gasteiger partial charge >= 0.3 is 0 Å². The van der Waals surface area contributed by atoms with Crippen molar-refractivity contribution in [3.05, 3.63) is 134 Å². The second-order valence-electron chi connectivity index (χ2n) is 10.3. The van der Waals surface area contributed by atoms with E-state index in [2.05, 4.69) is 118 Å². The van der Waals surface area contributed by atoms with Crippen molar-refractivity contribution in [1.29, 1.82) is 0 Å². The van der Waals surface area contributed by atoms with Crippen LogP contribution in [0.2, 0.25) is 0 Å². The Morgan fingerprint density at radius 3 is 2.05 bits per heavy atom. The van der Waals surface area contributed by atoms with E-state index in [1.807, 2.05) is 24.4 Å². The second kappa shape index (κ2) is 8.01. The van der Waals surface area contributed by atoms with E-state index in [4.69, 9.17) is 9.97 Å². The Balaban J connectivity index is 1.49. The molecule has 4 heteroatoms. The molecule has 0 radical (unpaired) electrons. The monoisotopic (exact) mass is 510 g/mol. The van der Waals surface area contributed by atoms with Crippen molar-refractivity contribution in [1.82, 2.24) is 19.1 Å². The predicted molar refractivity (Wildman–Crippen MR) is 166 cm³/mol. The van der Waals surface area contributed by atoms with Crippen molar-refractivity contribution in [3.63, 3.8) is 0 Å². The van der Waals surface area contributed by atoms with E-state index in [0.717, 1.165) is 27.6 Å². The molecule has 9 rings (SSSR count). The zero-order valence-electron chi connectivity index (χ0n) is 21.5. The van der Waals surface area contributed by atoms with Crippen molar-refractivity contribution in [2.24, 2.45) is 0 Å². The van der Waals surface area contributed by atoms with E-state index < -0.39 is 0 Å². The lowest BCUT2D eigenvalue weighted by atomic mass is 10.0. The third kappa shape index (κ3) is 2.90. The molecule has 0 saturated carbocycles. The maximum absolute atomic E-state index is 5.01. The molecule has 0 bridgehead atoms. The first-order valence-corrected chi connectivity index (χ1v) is 13.5. The maximum Gasteiger partial charge on any atom is 0.235 e. The summed E-state index contributed by atoms with van der Waals surface area (Å²) in [5.41, 5.74) is 6.67. The van der Waals surface area contributed by atoms with Crippen molar-refractivity contribution in [2.75, 3.05) is 0 Å². The Hall–Kier alpha value is -5.48. The summed E-state index contributed by atoms with van der Waals surface area (Å²) in [6.07, 6.45) is 1.92. The third-order valence-corrected chi connectivity index (χ3v) is 8.14. The average molecular weight is 511 g/mol. The number of nitrogens with zero attached hydrogens (tertiary/aromatic N) is 4. The smallest absolute Gasteiger partial charge is 0.235 e. The van der Waals surface area contributed by atoms with Crippen LogP contribution in [0.25, 0.3) is 76.9 Å². The van der Waals surface area contributed by atoms with E-state index in [9.17, 15) is 0 Å². The molecule has 186 valence electrons. The van der Waals surface area contributed by atoms with E-state index in [1.54, 1.807) is 0 Å². The average Bonchev–Trinajstić information content (AvgIpc) is 3.52. The number of aromatic nitrogens is 4. The topological polar surface area (TPSA) is 35.6 Å². The van der Waals surface area contributed by atoms with Crippen LogP contribution in [0.4, 0.5) is 0 Å². The van der Waals surface area contributed by atoms with E-state index in [-0.39, 0.29) is 0 Å².